The number of pyridine rings is 1. The summed E-state index contributed by atoms with van der Waals surface area (Å²) in [5.41, 5.74) is 1.16. The molecule has 5 heteroatoms. The van der Waals surface area contributed by atoms with E-state index < -0.39 is 0 Å². The third-order valence-electron chi connectivity index (χ3n) is 7.53. The normalized spacial score (nSPS) is 22.6. The van der Waals surface area contributed by atoms with Crippen molar-refractivity contribution >= 4 is 0 Å². The highest BCUT2D eigenvalue weighted by molar-refractivity contribution is 5.15. The number of aromatic nitrogens is 1. The van der Waals surface area contributed by atoms with Crippen LogP contribution in [0.1, 0.15) is 73.3 Å². The molecule has 2 aliphatic rings. The molecular weight excluding hydrogens is 384 g/mol. The van der Waals surface area contributed by atoms with Crippen LogP contribution in [0.5, 0.6) is 0 Å². The number of nitrogens with one attached hydrogen (secondary N) is 1. The number of hydrogen-bond donors (Lipinski definition) is 1. The molecule has 1 aromatic heterocycles. The molecule has 176 valence electrons. The van der Waals surface area contributed by atoms with Gasteiger partial charge in [0, 0.05) is 61.1 Å². The van der Waals surface area contributed by atoms with Crippen molar-refractivity contribution in [2.24, 2.45) is 5.92 Å². The van der Waals surface area contributed by atoms with Crippen LogP contribution in [0.3, 0.4) is 0 Å². The first-order chi connectivity index (χ1) is 14.4. The van der Waals surface area contributed by atoms with Gasteiger partial charge in [-0.3, -0.25) is 14.6 Å². The van der Waals surface area contributed by atoms with Crippen molar-refractivity contribution in [2.45, 2.75) is 90.8 Å². The minimum atomic E-state index is -0.183. The van der Waals surface area contributed by atoms with Gasteiger partial charge in [0.2, 0.25) is 0 Å². The van der Waals surface area contributed by atoms with Crippen LogP contribution in [0.15, 0.2) is 23.1 Å². The van der Waals surface area contributed by atoms with Gasteiger partial charge < -0.3 is 9.88 Å². The second-order valence-electron chi connectivity index (χ2n) is 12.1. The van der Waals surface area contributed by atoms with Crippen LogP contribution in [-0.4, -0.2) is 64.7 Å². The summed E-state index contributed by atoms with van der Waals surface area (Å²) in [4.78, 5) is 18.7. The molecule has 1 atom stereocenters. The Balaban J connectivity index is 1.75. The second-order valence-corrected chi connectivity index (χ2v) is 12.1. The molecule has 31 heavy (non-hydrogen) atoms. The molecular formula is C26H46N4O. The van der Waals surface area contributed by atoms with E-state index in [4.69, 9.17) is 0 Å². The van der Waals surface area contributed by atoms with Gasteiger partial charge >= 0.3 is 0 Å². The lowest BCUT2D eigenvalue weighted by atomic mass is 9.83. The van der Waals surface area contributed by atoms with Crippen molar-refractivity contribution in [3.05, 3.63) is 34.2 Å². The number of piperazine rings is 1. The first-order valence-electron chi connectivity index (χ1n) is 12.3. The van der Waals surface area contributed by atoms with E-state index in [0.29, 0.717) is 5.92 Å². The molecule has 2 saturated heterocycles. The molecule has 0 radical (unpaired) electrons. The van der Waals surface area contributed by atoms with Crippen molar-refractivity contribution in [3.63, 3.8) is 0 Å². The number of piperidine rings is 1. The first-order valence-corrected chi connectivity index (χ1v) is 12.3. The van der Waals surface area contributed by atoms with Crippen LogP contribution in [-0.2, 0) is 12.0 Å². The quantitative estimate of drug-likeness (QED) is 0.747. The fraction of sp³-hybridized carbons (Fsp3) is 0.808. The van der Waals surface area contributed by atoms with Gasteiger partial charge in [0.05, 0.1) is 0 Å². The third-order valence-corrected chi connectivity index (χ3v) is 7.53. The number of nitrogens with zero attached hydrogens (tertiary/aromatic N) is 3. The fourth-order valence-corrected chi connectivity index (χ4v) is 5.64. The van der Waals surface area contributed by atoms with E-state index in [1.54, 1.807) is 0 Å². The molecule has 0 amide bonds. The first kappa shape index (κ1) is 24.5. The van der Waals surface area contributed by atoms with Gasteiger partial charge in [-0.1, -0.05) is 6.07 Å². The summed E-state index contributed by atoms with van der Waals surface area (Å²) in [7, 11) is 0. The Morgan fingerprint density at radius 2 is 1.65 bits per heavy atom. The highest BCUT2D eigenvalue weighted by atomic mass is 16.1. The van der Waals surface area contributed by atoms with E-state index in [1.807, 2.05) is 16.8 Å². The summed E-state index contributed by atoms with van der Waals surface area (Å²) in [5.74, 6) is 0.635. The van der Waals surface area contributed by atoms with E-state index in [9.17, 15) is 4.79 Å². The molecule has 5 nitrogen and oxygen atoms in total. The molecule has 0 saturated carbocycles. The maximum Gasteiger partial charge on any atom is 0.254 e. The highest BCUT2D eigenvalue weighted by Gasteiger charge is 2.34. The van der Waals surface area contributed by atoms with Crippen LogP contribution in [0, 0.1) is 5.92 Å². The number of rotatable bonds is 6. The Labute approximate surface area is 190 Å². The maximum atomic E-state index is 13.6. The summed E-state index contributed by atoms with van der Waals surface area (Å²) in [6.45, 7) is 22.5. The Morgan fingerprint density at radius 1 is 0.968 bits per heavy atom. The topological polar surface area (TPSA) is 40.5 Å². The Hall–Kier alpha value is -1.17. The van der Waals surface area contributed by atoms with Crippen LogP contribution >= 0.6 is 0 Å². The largest absolute Gasteiger partial charge is 0.314 e. The summed E-state index contributed by atoms with van der Waals surface area (Å²) < 4.78 is 2.02. The summed E-state index contributed by atoms with van der Waals surface area (Å²) in [6, 6.07) is 4.12. The molecule has 2 aliphatic heterocycles. The molecule has 3 rings (SSSR count). The predicted molar refractivity (Wildman–Crippen MR) is 131 cm³/mol. The van der Waals surface area contributed by atoms with E-state index in [-0.39, 0.29) is 22.2 Å². The molecule has 2 fully saturated rings. The zero-order valence-electron chi connectivity index (χ0n) is 21.1. The Morgan fingerprint density at radius 3 is 2.29 bits per heavy atom. The van der Waals surface area contributed by atoms with Gasteiger partial charge in [0.1, 0.15) is 0 Å². The van der Waals surface area contributed by atoms with Gasteiger partial charge in [-0.15, -0.1) is 0 Å². The SMILES string of the molecule is CC(C)(C)N1CCCC(CC(C)(C)n2cccc(CC(C)(C)N3CCNCC3)c2=O)C1. The van der Waals surface area contributed by atoms with Gasteiger partial charge in [-0.05, 0) is 92.7 Å². The van der Waals surface area contributed by atoms with Gasteiger partial charge in [-0.25, -0.2) is 0 Å². The molecule has 0 spiro atoms. The van der Waals surface area contributed by atoms with Gasteiger partial charge in [0.25, 0.3) is 5.56 Å². The minimum Gasteiger partial charge on any atom is -0.314 e. The minimum absolute atomic E-state index is 0.0127. The molecule has 1 aromatic rings. The smallest absolute Gasteiger partial charge is 0.254 e. The van der Waals surface area contributed by atoms with E-state index in [2.05, 4.69) is 69.6 Å². The maximum absolute atomic E-state index is 13.6. The van der Waals surface area contributed by atoms with Crippen molar-refractivity contribution in [3.8, 4) is 0 Å². The zero-order valence-corrected chi connectivity index (χ0v) is 21.1. The summed E-state index contributed by atoms with van der Waals surface area (Å²) in [6.07, 6.45) is 6.37. The van der Waals surface area contributed by atoms with Gasteiger partial charge in [-0.2, -0.15) is 0 Å². The van der Waals surface area contributed by atoms with Crippen molar-refractivity contribution in [1.82, 2.24) is 19.7 Å². The Bertz CT molecular complexity index is 783. The lowest BCUT2D eigenvalue weighted by molar-refractivity contribution is 0.0629. The van der Waals surface area contributed by atoms with E-state index in [1.165, 1.54) is 19.4 Å². The van der Waals surface area contributed by atoms with Crippen LogP contribution < -0.4 is 10.9 Å². The molecule has 1 unspecified atom stereocenters. The number of hydrogen-bond acceptors (Lipinski definition) is 4. The molecule has 3 heterocycles. The van der Waals surface area contributed by atoms with Crippen molar-refractivity contribution in [2.75, 3.05) is 39.3 Å². The van der Waals surface area contributed by atoms with Crippen molar-refractivity contribution in [1.29, 1.82) is 0 Å². The number of likely N-dealkylation sites (tertiary alicyclic amines) is 1. The third kappa shape index (κ3) is 6.00. The fourth-order valence-electron chi connectivity index (χ4n) is 5.64. The predicted octanol–water partition coefficient (Wildman–Crippen LogP) is 3.71. The van der Waals surface area contributed by atoms with Crippen molar-refractivity contribution < 1.29 is 0 Å². The molecule has 0 aliphatic carbocycles. The molecule has 0 bridgehead atoms. The summed E-state index contributed by atoms with van der Waals surface area (Å²) >= 11 is 0. The average Bonchev–Trinajstić information content (AvgIpc) is 2.69. The molecule has 0 aromatic carbocycles. The summed E-state index contributed by atoms with van der Waals surface area (Å²) in [5, 5.41) is 3.43. The van der Waals surface area contributed by atoms with Crippen LogP contribution in [0.25, 0.3) is 0 Å². The van der Waals surface area contributed by atoms with E-state index in [0.717, 1.165) is 51.1 Å². The Kier molecular flexibility index (Phi) is 7.39. The lowest BCUT2D eigenvalue weighted by Gasteiger charge is -2.44. The highest BCUT2D eigenvalue weighted by Crippen LogP contribution is 2.32. The molecule has 1 N–H and O–H groups in total. The zero-order chi connectivity index (χ0) is 22.9. The second kappa shape index (κ2) is 9.36. The lowest BCUT2D eigenvalue weighted by Crippen LogP contribution is -2.55. The van der Waals surface area contributed by atoms with Crippen LogP contribution in [0.4, 0.5) is 0 Å². The van der Waals surface area contributed by atoms with Crippen LogP contribution in [0.2, 0.25) is 0 Å². The van der Waals surface area contributed by atoms with Gasteiger partial charge in [0.15, 0.2) is 0 Å². The average molecular weight is 431 g/mol. The van der Waals surface area contributed by atoms with E-state index >= 15 is 0 Å². The standard InChI is InChI=1S/C26H46N4O/c1-24(2,3)29-14-8-10-21(20-29)18-26(6,7)30-15-9-11-22(23(30)31)19-25(4,5)28-16-12-27-13-17-28/h9,11,15,21,27H,8,10,12-14,16-20H2,1-7H3. The monoisotopic (exact) mass is 430 g/mol.